The first kappa shape index (κ1) is 11.8. The molecule has 0 fully saturated rings. The quantitative estimate of drug-likeness (QED) is 0.486. The SMILES string of the molecule is CCOC(=O)c1ccc(I)c(SC)c1. The minimum atomic E-state index is -0.251. The molecule has 0 amide bonds. The van der Waals surface area contributed by atoms with Crippen molar-refractivity contribution in [1.82, 2.24) is 0 Å². The van der Waals surface area contributed by atoms with Crippen LogP contribution in [0.15, 0.2) is 23.1 Å². The molecule has 0 unspecified atom stereocenters. The lowest BCUT2D eigenvalue weighted by Gasteiger charge is -2.04. The normalized spacial score (nSPS) is 9.93. The summed E-state index contributed by atoms with van der Waals surface area (Å²) in [6.45, 7) is 2.22. The zero-order valence-corrected chi connectivity index (χ0v) is 11.0. The van der Waals surface area contributed by atoms with Crippen LogP contribution in [0, 0.1) is 3.57 Å². The molecule has 0 aliphatic heterocycles. The maximum absolute atomic E-state index is 11.4. The third kappa shape index (κ3) is 2.88. The summed E-state index contributed by atoms with van der Waals surface area (Å²) in [7, 11) is 0. The van der Waals surface area contributed by atoms with E-state index in [-0.39, 0.29) is 5.97 Å². The van der Waals surface area contributed by atoms with E-state index >= 15 is 0 Å². The van der Waals surface area contributed by atoms with Gasteiger partial charge in [0.25, 0.3) is 0 Å². The predicted molar refractivity (Wildman–Crippen MR) is 66.9 cm³/mol. The molecule has 0 aliphatic carbocycles. The highest BCUT2D eigenvalue weighted by molar-refractivity contribution is 14.1. The van der Waals surface area contributed by atoms with Crippen molar-refractivity contribution in [3.05, 3.63) is 27.3 Å². The Kier molecular flexibility index (Phi) is 4.74. The highest BCUT2D eigenvalue weighted by atomic mass is 127. The molecule has 1 rings (SSSR count). The third-order valence-corrected chi connectivity index (χ3v) is 3.75. The van der Waals surface area contributed by atoms with Crippen LogP contribution in [0.2, 0.25) is 0 Å². The maximum atomic E-state index is 11.4. The molecule has 1 aromatic rings. The Labute approximate surface area is 102 Å². The standard InChI is InChI=1S/C10H11IO2S/c1-3-13-10(12)7-4-5-8(11)9(6-7)14-2/h4-6H,3H2,1-2H3. The van der Waals surface area contributed by atoms with E-state index in [1.165, 1.54) is 0 Å². The van der Waals surface area contributed by atoms with Gasteiger partial charge in [-0.05, 0) is 54.0 Å². The van der Waals surface area contributed by atoms with Gasteiger partial charge in [-0.2, -0.15) is 0 Å². The molecule has 0 radical (unpaired) electrons. The van der Waals surface area contributed by atoms with Crippen LogP contribution in [0.3, 0.4) is 0 Å². The number of thioether (sulfide) groups is 1. The van der Waals surface area contributed by atoms with Crippen molar-refractivity contribution in [3.8, 4) is 0 Å². The van der Waals surface area contributed by atoms with Crippen LogP contribution < -0.4 is 0 Å². The number of hydrogen-bond acceptors (Lipinski definition) is 3. The summed E-state index contributed by atoms with van der Waals surface area (Å²) in [5.74, 6) is -0.251. The average molecular weight is 322 g/mol. The summed E-state index contributed by atoms with van der Waals surface area (Å²) in [4.78, 5) is 12.5. The maximum Gasteiger partial charge on any atom is 0.338 e. The van der Waals surface area contributed by atoms with Gasteiger partial charge in [-0.1, -0.05) is 0 Å². The number of carbonyl (C=O) groups excluding carboxylic acids is 1. The lowest BCUT2D eigenvalue weighted by Crippen LogP contribution is -2.04. The molecule has 1 aromatic carbocycles. The predicted octanol–water partition coefficient (Wildman–Crippen LogP) is 3.19. The molecule has 0 saturated heterocycles. The topological polar surface area (TPSA) is 26.3 Å². The van der Waals surface area contributed by atoms with E-state index in [1.54, 1.807) is 24.8 Å². The van der Waals surface area contributed by atoms with Gasteiger partial charge in [0.05, 0.1) is 12.2 Å². The van der Waals surface area contributed by atoms with Gasteiger partial charge in [-0.15, -0.1) is 11.8 Å². The fraction of sp³-hybridized carbons (Fsp3) is 0.300. The van der Waals surface area contributed by atoms with E-state index in [0.29, 0.717) is 12.2 Å². The second-order valence-electron chi connectivity index (χ2n) is 2.57. The van der Waals surface area contributed by atoms with Gasteiger partial charge >= 0.3 is 5.97 Å². The third-order valence-electron chi connectivity index (χ3n) is 1.66. The number of esters is 1. The smallest absolute Gasteiger partial charge is 0.338 e. The lowest BCUT2D eigenvalue weighted by molar-refractivity contribution is 0.0526. The fourth-order valence-electron chi connectivity index (χ4n) is 1.00. The molecule has 0 saturated carbocycles. The number of hydrogen-bond donors (Lipinski definition) is 0. The summed E-state index contributed by atoms with van der Waals surface area (Å²) in [6.07, 6.45) is 1.99. The molecule has 0 spiro atoms. The van der Waals surface area contributed by atoms with Crippen LogP contribution in [0.25, 0.3) is 0 Å². The van der Waals surface area contributed by atoms with Gasteiger partial charge in [-0.3, -0.25) is 0 Å². The second-order valence-corrected chi connectivity index (χ2v) is 4.58. The molecule has 76 valence electrons. The largest absolute Gasteiger partial charge is 0.462 e. The van der Waals surface area contributed by atoms with Crippen LogP contribution in [0.4, 0.5) is 0 Å². The van der Waals surface area contributed by atoms with E-state index < -0.39 is 0 Å². The molecule has 0 N–H and O–H groups in total. The summed E-state index contributed by atoms with van der Waals surface area (Å²) < 4.78 is 6.07. The Morgan fingerprint density at radius 1 is 1.57 bits per heavy atom. The number of benzene rings is 1. The van der Waals surface area contributed by atoms with E-state index in [0.717, 1.165) is 8.47 Å². The van der Waals surface area contributed by atoms with Gasteiger partial charge in [0, 0.05) is 8.47 Å². The molecule has 0 heterocycles. The zero-order valence-electron chi connectivity index (χ0n) is 8.04. The molecule has 0 bridgehead atoms. The Morgan fingerprint density at radius 3 is 2.86 bits per heavy atom. The average Bonchev–Trinajstić information content (AvgIpc) is 2.19. The van der Waals surface area contributed by atoms with Crippen molar-refractivity contribution in [2.45, 2.75) is 11.8 Å². The molecule has 14 heavy (non-hydrogen) atoms. The summed E-state index contributed by atoms with van der Waals surface area (Å²) in [5, 5.41) is 0. The molecule has 2 nitrogen and oxygen atoms in total. The first-order valence-corrected chi connectivity index (χ1v) is 6.50. The van der Waals surface area contributed by atoms with Crippen LogP contribution in [-0.2, 0) is 4.74 Å². The van der Waals surface area contributed by atoms with E-state index in [9.17, 15) is 4.79 Å². The van der Waals surface area contributed by atoms with Crippen LogP contribution in [0.5, 0.6) is 0 Å². The second kappa shape index (κ2) is 5.60. The first-order chi connectivity index (χ1) is 6.69. The van der Waals surface area contributed by atoms with Crippen LogP contribution in [-0.4, -0.2) is 18.8 Å². The number of halogens is 1. The highest BCUT2D eigenvalue weighted by Crippen LogP contribution is 2.23. The van der Waals surface area contributed by atoms with E-state index in [1.807, 2.05) is 18.4 Å². The molecule has 0 atom stereocenters. The molecule has 0 aliphatic rings. The molecule has 0 aromatic heterocycles. The Bertz CT molecular complexity index is 339. The monoisotopic (exact) mass is 322 g/mol. The van der Waals surface area contributed by atoms with Crippen molar-refractivity contribution < 1.29 is 9.53 Å². The number of carbonyl (C=O) groups is 1. The minimum Gasteiger partial charge on any atom is -0.462 e. The van der Waals surface area contributed by atoms with Gasteiger partial charge in [0.2, 0.25) is 0 Å². The highest BCUT2D eigenvalue weighted by Gasteiger charge is 2.08. The van der Waals surface area contributed by atoms with E-state index in [4.69, 9.17) is 4.74 Å². The van der Waals surface area contributed by atoms with Gasteiger partial charge < -0.3 is 4.74 Å². The van der Waals surface area contributed by atoms with Crippen LogP contribution in [0.1, 0.15) is 17.3 Å². The number of rotatable bonds is 3. The Balaban J connectivity index is 2.94. The van der Waals surface area contributed by atoms with Crippen LogP contribution >= 0.6 is 34.4 Å². The van der Waals surface area contributed by atoms with Gasteiger partial charge in [0.15, 0.2) is 0 Å². The summed E-state index contributed by atoms with van der Waals surface area (Å²) in [6, 6.07) is 5.59. The molecular formula is C10H11IO2S. The molecular weight excluding hydrogens is 311 g/mol. The van der Waals surface area contributed by atoms with Crippen molar-refractivity contribution in [1.29, 1.82) is 0 Å². The summed E-state index contributed by atoms with van der Waals surface area (Å²) >= 11 is 3.88. The Hall–Kier alpha value is -0.230. The Morgan fingerprint density at radius 2 is 2.29 bits per heavy atom. The fourth-order valence-corrected chi connectivity index (χ4v) is 2.51. The lowest BCUT2D eigenvalue weighted by atomic mass is 10.2. The van der Waals surface area contributed by atoms with Gasteiger partial charge in [0.1, 0.15) is 0 Å². The van der Waals surface area contributed by atoms with Crippen molar-refractivity contribution in [3.63, 3.8) is 0 Å². The number of ether oxygens (including phenoxy) is 1. The minimum absolute atomic E-state index is 0.251. The molecule has 4 heteroatoms. The summed E-state index contributed by atoms with van der Waals surface area (Å²) in [5.41, 5.74) is 0.622. The zero-order chi connectivity index (χ0) is 10.6. The van der Waals surface area contributed by atoms with E-state index in [2.05, 4.69) is 22.6 Å². The first-order valence-electron chi connectivity index (χ1n) is 4.19. The van der Waals surface area contributed by atoms with Crippen molar-refractivity contribution in [2.75, 3.05) is 12.9 Å². The van der Waals surface area contributed by atoms with Crippen molar-refractivity contribution in [2.24, 2.45) is 0 Å². The van der Waals surface area contributed by atoms with Crippen molar-refractivity contribution >= 4 is 40.3 Å². The van der Waals surface area contributed by atoms with Gasteiger partial charge in [-0.25, -0.2) is 4.79 Å².